The van der Waals surface area contributed by atoms with Crippen LogP contribution in [0.25, 0.3) is 11.1 Å². The SMILES string of the molecule is CS(=O)(=O)Nc1ccc(C(=O)N[C@@H](CC(=O)O)Cc2ccc(-c3cccc(Cl)c3)cc2)cn1. The molecular formula is C23H22ClN3O5S. The largest absolute Gasteiger partial charge is 0.481 e. The standard InChI is InChI=1S/C23H22ClN3O5S/c1-33(31,32)27-21-10-9-18(14-25-21)23(30)26-20(13-22(28)29)11-15-5-7-16(8-6-15)17-3-2-4-19(24)12-17/h2-10,12,14,20H,11,13H2,1H3,(H,25,27)(H,26,30)(H,28,29)/t20-/m1/s1. The normalized spacial score (nSPS) is 12.1. The van der Waals surface area contributed by atoms with Gasteiger partial charge in [-0.25, -0.2) is 13.4 Å². The lowest BCUT2D eigenvalue weighted by Gasteiger charge is -2.17. The Morgan fingerprint density at radius 2 is 1.79 bits per heavy atom. The number of aromatic nitrogens is 1. The monoisotopic (exact) mass is 487 g/mol. The highest BCUT2D eigenvalue weighted by Gasteiger charge is 2.18. The number of benzene rings is 2. The highest BCUT2D eigenvalue weighted by atomic mass is 35.5. The number of sulfonamides is 1. The number of carbonyl (C=O) groups is 2. The van der Waals surface area contributed by atoms with Crippen molar-refractivity contribution in [3.63, 3.8) is 0 Å². The number of nitrogens with zero attached hydrogens (tertiary/aromatic N) is 1. The van der Waals surface area contributed by atoms with Crippen LogP contribution in [-0.4, -0.2) is 42.7 Å². The molecule has 1 aromatic heterocycles. The van der Waals surface area contributed by atoms with Crippen molar-refractivity contribution < 1.29 is 23.1 Å². The number of pyridine rings is 1. The number of carbonyl (C=O) groups excluding carboxylic acids is 1. The van der Waals surface area contributed by atoms with Gasteiger partial charge in [0.05, 0.1) is 18.2 Å². The van der Waals surface area contributed by atoms with Crippen LogP contribution in [0.2, 0.25) is 5.02 Å². The first-order valence-electron chi connectivity index (χ1n) is 9.90. The number of halogens is 1. The molecule has 10 heteroatoms. The Balaban J connectivity index is 1.69. The van der Waals surface area contributed by atoms with E-state index in [0.717, 1.165) is 22.9 Å². The molecule has 0 spiro atoms. The van der Waals surface area contributed by atoms with Gasteiger partial charge in [-0.15, -0.1) is 0 Å². The van der Waals surface area contributed by atoms with Crippen molar-refractivity contribution in [2.24, 2.45) is 0 Å². The fourth-order valence-corrected chi connectivity index (χ4v) is 3.91. The van der Waals surface area contributed by atoms with Crippen molar-refractivity contribution in [3.05, 3.63) is 83.0 Å². The summed E-state index contributed by atoms with van der Waals surface area (Å²) in [4.78, 5) is 27.8. The van der Waals surface area contributed by atoms with E-state index < -0.39 is 27.9 Å². The second kappa shape index (κ2) is 10.5. The molecule has 0 bridgehead atoms. The molecule has 0 radical (unpaired) electrons. The van der Waals surface area contributed by atoms with Gasteiger partial charge in [0, 0.05) is 17.3 Å². The number of carboxylic acids is 1. The van der Waals surface area contributed by atoms with Crippen LogP contribution in [0.3, 0.4) is 0 Å². The van der Waals surface area contributed by atoms with E-state index in [1.54, 1.807) is 6.07 Å². The van der Waals surface area contributed by atoms with E-state index in [9.17, 15) is 23.1 Å². The first-order valence-corrected chi connectivity index (χ1v) is 12.2. The van der Waals surface area contributed by atoms with Gasteiger partial charge in [0.1, 0.15) is 5.82 Å². The average Bonchev–Trinajstić information content (AvgIpc) is 2.73. The van der Waals surface area contributed by atoms with Gasteiger partial charge >= 0.3 is 5.97 Å². The number of rotatable bonds is 9. The van der Waals surface area contributed by atoms with Crippen LogP contribution in [0.4, 0.5) is 5.82 Å². The molecule has 0 aliphatic heterocycles. The summed E-state index contributed by atoms with van der Waals surface area (Å²) in [7, 11) is -3.49. The molecule has 3 rings (SSSR count). The number of anilines is 1. The molecule has 33 heavy (non-hydrogen) atoms. The molecule has 3 N–H and O–H groups in total. The van der Waals surface area contributed by atoms with E-state index in [4.69, 9.17) is 11.6 Å². The first-order chi connectivity index (χ1) is 15.6. The molecule has 8 nitrogen and oxygen atoms in total. The third-order valence-electron chi connectivity index (χ3n) is 4.67. The summed E-state index contributed by atoms with van der Waals surface area (Å²) in [6, 6.07) is 17.2. The number of hydrogen-bond acceptors (Lipinski definition) is 5. The molecule has 0 saturated carbocycles. The number of amides is 1. The minimum atomic E-state index is -3.49. The molecule has 0 saturated heterocycles. The molecule has 172 valence electrons. The Morgan fingerprint density at radius 1 is 1.06 bits per heavy atom. The minimum Gasteiger partial charge on any atom is -0.481 e. The summed E-state index contributed by atoms with van der Waals surface area (Å²) in [5.41, 5.74) is 2.97. The zero-order chi connectivity index (χ0) is 24.0. The lowest BCUT2D eigenvalue weighted by atomic mass is 9.99. The van der Waals surface area contributed by atoms with Crippen LogP contribution in [0.15, 0.2) is 66.9 Å². The molecule has 0 unspecified atom stereocenters. The van der Waals surface area contributed by atoms with Crippen molar-refractivity contribution in [1.29, 1.82) is 0 Å². The lowest BCUT2D eigenvalue weighted by molar-refractivity contribution is -0.137. The van der Waals surface area contributed by atoms with E-state index >= 15 is 0 Å². The molecule has 1 atom stereocenters. The Morgan fingerprint density at radius 3 is 2.36 bits per heavy atom. The Hall–Kier alpha value is -3.43. The smallest absolute Gasteiger partial charge is 0.305 e. The van der Waals surface area contributed by atoms with Gasteiger partial charge < -0.3 is 10.4 Å². The second-order valence-corrected chi connectivity index (χ2v) is 9.67. The van der Waals surface area contributed by atoms with Gasteiger partial charge in [-0.3, -0.25) is 14.3 Å². The summed E-state index contributed by atoms with van der Waals surface area (Å²) in [5, 5.41) is 12.6. The van der Waals surface area contributed by atoms with Gasteiger partial charge in [0.15, 0.2) is 0 Å². The van der Waals surface area contributed by atoms with Crippen LogP contribution >= 0.6 is 11.6 Å². The van der Waals surface area contributed by atoms with Crippen LogP contribution < -0.4 is 10.0 Å². The van der Waals surface area contributed by atoms with Crippen molar-refractivity contribution >= 4 is 39.3 Å². The Bertz CT molecular complexity index is 1250. The van der Waals surface area contributed by atoms with Crippen molar-refractivity contribution in [3.8, 4) is 11.1 Å². The van der Waals surface area contributed by atoms with E-state index in [0.29, 0.717) is 11.4 Å². The van der Waals surface area contributed by atoms with Gasteiger partial charge in [0.2, 0.25) is 10.0 Å². The summed E-state index contributed by atoms with van der Waals surface area (Å²) >= 11 is 6.05. The van der Waals surface area contributed by atoms with Crippen LogP contribution in [0.1, 0.15) is 22.3 Å². The zero-order valence-corrected chi connectivity index (χ0v) is 19.2. The molecule has 0 aliphatic rings. The van der Waals surface area contributed by atoms with Gasteiger partial charge in [-0.2, -0.15) is 0 Å². The highest BCUT2D eigenvalue weighted by molar-refractivity contribution is 7.92. The summed E-state index contributed by atoms with van der Waals surface area (Å²) in [6.45, 7) is 0. The second-order valence-electron chi connectivity index (χ2n) is 7.49. The van der Waals surface area contributed by atoms with Crippen LogP contribution in [0, 0.1) is 0 Å². The quantitative estimate of drug-likeness (QED) is 0.423. The lowest BCUT2D eigenvalue weighted by Crippen LogP contribution is -2.38. The predicted octanol–water partition coefficient (Wildman–Crippen LogP) is 3.59. The van der Waals surface area contributed by atoms with E-state index in [-0.39, 0.29) is 17.8 Å². The Labute approximate surface area is 196 Å². The molecule has 2 aromatic carbocycles. The summed E-state index contributed by atoms with van der Waals surface area (Å²) < 4.78 is 24.7. The van der Waals surface area contributed by atoms with Gasteiger partial charge in [-0.05, 0) is 47.4 Å². The van der Waals surface area contributed by atoms with E-state index in [2.05, 4.69) is 15.0 Å². The molecule has 0 aliphatic carbocycles. The molecule has 1 amide bonds. The van der Waals surface area contributed by atoms with Crippen molar-refractivity contribution in [2.45, 2.75) is 18.9 Å². The highest BCUT2D eigenvalue weighted by Crippen LogP contribution is 2.23. The maximum atomic E-state index is 12.6. The molecule has 0 fully saturated rings. The zero-order valence-electron chi connectivity index (χ0n) is 17.7. The van der Waals surface area contributed by atoms with Crippen molar-refractivity contribution in [2.75, 3.05) is 11.0 Å². The number of aliphatic carboxylic acids is 1. The maximum absolute atomic E-state index is 12.6. The number of carboxylic acid groups (broad SMARTS) is 1. The third kappa shape index (κ3) is 7.58. The van der Waals surface area contributed by atoms with Gasteiger partial charge in [0.25, 0.3) is 5.91 Å². The number of hydrogen-bond donors (Lipinski definition) is 3. The van der Waals surface area contributed by atoms with Crippen LogP contribution in [0.5, 0.6) is 0 Å². The predicted molar refractivity (Wildman–Crippen MR) is 127 cm³/mol. The maximum Gasteiger partial charge on any atom is 0.305 e. The van der Waals surface area contributed by atoms with E-state index in [1.165, 1.54) is 18.3 Å². The molecule has 3 aromatic rings. The van der Waals surface area contributed by atoms with Crippen LogP contribution in [-0.2, 0) is 21.2 Å². The summed E-state index contributed by atoms with van der Waals surface area (Å²) in [5.74, 6) is -1.46. The van der Waals surface area contributed by atoms with E-state index in [1.807, 2.05) is 42.5 Å². The molecular weight excluding hydrogens is 466 g/mol. The third-order valence-corrected chi connectivity index (χ3v) is 5.48. The average molecular weight is 488 g/mol. The summed E-state index contributed by atoms with van der Waals surface area (Å²) in [6.07, 6.45) is 2.27. The fraction of sp³-hybridized carbons (Fsp3) is 0.174. The number of nitrogens with one attached hydrogen (secondary N) is 2. The van der Waals surface area contributed by atoms with Crippen molar-refractivity contribution in [1.82, 2.24) is 10.3 Å². The first kappa shape index (κ1) is 24.2. The van der Waals surface area contributed by atoms with Gasteiger partial charge in [-0.1, -0.05) is 48.0 Å². The Kier molecular flexibility index (Phi) is 7.67. The topological polar surface area (TPSA) is 125 Å². The fourth-order valence-electron chi connectivity index (χ4n) is 3.22. The minimum absolute atomic E-state index is 0.0796. The molecule has 1 heterocycles.